The van der Waals surface area contributed by atoms with Crippen LogP contribution in [-0.2, 0) is 14.5 Å². The summed E-state index contributed by atoms with van der Waals surface area (Å²) >= 11 is 0. The normalized spacial score (nSPS) is 25.8. The quantitative estimate of drug-likeness (QED) is 0.222. The summed E-state index contributed by atoms with van der Waals surface area (Å²) in [5.41, 5.74) is 1.92. The zero-order valence-electron chi connectivity index (χ0n) is 22.5. The van der Waals surface area contributed by atoms with Crippen LogP contribution in [0.3, 0.4) is 0 Å². The average molecular weight is 509 g/mol. The fourth-order valence-corrected chi connectivity index (χ4v) is 5.09. The molecule has 1 N–H and O–H groups in total. The van der Waals surface area contributed by atoms with Gasteiger partial charge in [0.2, 0.25) is 5.75 Å². The molecule has 7 nitrogen and oxygen atoms in total. The van der Waals surface area contributed by atoms with Crippen LogP contribution in [0.1, 0.15) is 65.4 Å². The zero-order valence-corrected chi connectivity index (χ0v) is 22.5. The fraction of sp³-hybridized carbons (Fsp3) is 0.607. The van der Waals surface area contributed by atoms with Crippen molar-refractivity contribution in [2.24, 2.45) is 11.8 Å². The lowest BCUT2D eigenvalue weighted by molar-refractivity contribution is -0.201. The van der Waals surface area contributed by atoms with E-state index < -0.39 is 5.97 Å². The highest BCUT2D eigenvalue weighted by Crippen LogP contribution is 2.53. The first-order valence-corrected chi connectivity index (χ1v) is 12.4. The SMILES string of the molecule is CC(C)=CCC1OC1(C)C1CCCCC1[C@H](C)OF.COc1cc(/C=C/C(=O)O)cc(OC)c1OC. The van der Waals surface area contributed by atoms with Crippen LogP contribution in [0.25, 0.3) is 6.08 Å². The third-order valence-corrected chi connectivity index (χ3v) is 7.12. The second kappa shape index (κ2) is 13.7. The number of carboxylic acid groups (broad SMARTS) is 1. The second-order valence-electron chi connectivity index (χ2n) is 9.79. The maximum atomic E-state index is 12.6. The molecule has 8 heteroatoms. The lowest BCUT2D eigenvalue weighted by Crippen LogP contribution is -2.38. The summed E-state index contributed by atoms with van der Waals surface area (Å²) in [4.78, 5) is 14.5. The van der Waals surface area contributed by atoms with Crippen LogP contribution in [-0.4, -0.2) is 50.2 Å². The molecule has 1 saturated heterocycles. The molecule has 0 amide bonds. The Morgan fingerprint density at radius 1 is 1.17 bits per heavy atom. The van der Waals surface area contributed by atoms with E-state index >= 15 is 0 Å². The largest absolute Gasteiger partial charge is 0.493 e. The van der Waals surface area contributed by atoms with Crippen molar-refractivity contribution in [2.75, 3.05) is 21.3 Å². The molecule has 1 heterocycles. The smallest absolute Gasteiger partial charge is 0.328 e. The van der Waals surface area contributed by atoms with Crippen molar-refractivity contribution in [3.8, 4) is 17.2 Å². The van der Waals surface area contributed by atoms with Gasteiger partial charge in [0.05, 0.1) is 39.1 Å². The predicted molar refractivity (Wildman–Crippen MR) is 137 cm³/mol. The Kier molecular flexibility index (Phi) is 11.2. The van der Waals surface area contributed by atoms with Gasteiger partial charge < -0.3 is 24.1 Å². The molecule has 5 atom stereocenters. The van der Waals surface area contributed by atoms with E-state index in [4.69, 9.17) is 24.1 Å². The van der Waals surface area contributed by atoms with Gasteiger partial charge in [-0.05, 0) is 87.1 Å². The minimum atomic E-state index is -1.02. The van der Waals surface area contributed by atoms with Gasteiger partial charge >= 0.3 is 5.97 Å². The number of ether oxygens (including phenoxy) is 4. The minimum Gasteiger partial charge on any atom is -0.493 e. The average Bonchev–Trinajstić information content (AvgIpc) is 3.56. The highest BCUT2D eigenvalue weighted by Gasteiger charge is 2.59. The standard InChI is InChI=1S/C16H27FO2.C12H14O5/c1-11(2)9-10-15-16(4,18-15)14-8-6-5-7-13(14)12(3)19-17;1-15-9-6-8(4-5-11(13)14)7-10(16-2)12(9)17-3/h9,12-15H,5-8,10H2,1-4H3;4-7H,1-3H3,(H,13,14)/b;5-4+/t12-,13?,14?,15?,16?;/m0./s1. The van der Waals surface area contributed by atoms with E-state index in [9.17, 15) is 9.32 Å². The summed E-state index contributed by atoms with van der Waals surface area (Å²) in [6.45, 7) is 8.27. The van der Waals surface area contributed by atoms with Crippen molar-refractivity contribution in [2.45, 2.75) is 77.6 Å². The number of aliphatic carboxylic acids is 1. The molecule has 4 unspecified atom stereocenters. The van der Waals surface area contributed by atoms with Crippen molar-refractivity contribution in [1.82, 2.24) is 0 Å². The third kappa shape index (κ3) is 7.71. The summed E-state index contributed by atoms with van der Waals surface area (Å²) in [5.74, 6) is 1.15. The molecule has 2 fully saturated rings. The molecule has 0 aromatic heterocycles. The number of benzene rings is 1. The van der Waals surface area contributed by atoms with Gasteiger partial charge in [0.1, 0.15) is 0 Å². The summed E-state index contributed by atoms with van der Waals surface area (Å²) < 4.78 is 34.0. The zero-order chi connectivity index (χ0) is 26.9. The first-order valence-electron chi connectivity index (χ1n) is 12.4. The van der Waals surface area contributed by atoms with Gasteiger partial charge in [0.15, 0.2) is 11.5 Å². The third-order valence-electron chi connectivity index (χ3n) is 7.12. The molecule has 1 saturated carbocycles. The Morgan fingerprint density at radius 3 is 2.28 bits per heavy atom. The summed E-state index contributed by atoms with van der Waals surface area (Å²) in [6.07, 6.45) is 10.3. The molecule has 0 radical (unpaired) electrons. The second-order valence-corrected chi connectivity index (χ2v) is 9.79. The molecular weight excluding hydrogens is 467 g/mol. The number of epoxide rings is 1. The molecule has 1 aromatic rings. The number of carboxylic acids is 1. The van der Waals surface area contributed by atoms with Crippen LogP contribution >= 0.6 is 0 Å². The van der Waals surface area contributed by atoms with Crippen LogP contribution < -0.4 is 14.2 Å². The predicted octanol–water partition coefficient (Wildman–Crippen LogP) is 6.41. The summed E-state index contributed by atoms with van der Waals surface area (Å²) in [5, 5.41) is 8.55. The number of allylic oxidation sites excluding steroid dienone is 1. The lowest BCUT2D eigenvalue weighted by atomic mass is 9.69. The fourth-order valence-electron chi connectivity index (χ4n) is 5.09. The molecule has 36 heavy (non-hydrogen) atoms. The number of halogens is 1. The van der Waals surface area contributed by atoms with Gasteiger partial charge in [-0.25, -0.2) is 4.79 Å². The summed E-state index contributed by atoms with van der Waals surface area (Å²) in [6, 6.07) is 3.33. The molecule has 1 aliphatic carbocycles. The first kappa shape index (κ1) is 29.6. The van der Waals surface area contributed by atoms with E-state index in [2.05, 4.69) is 31.8 Å². The Labute approximate surface area is 214 Å². The molecule has 1 aliphatic heterocycles. The van der Waals surface area contributed by atoms with E-state index in [0.717, 1.165) is 25.3 Å². The van der Waals surface area contributed by atoms with E-state index in [1.807, 2.05) is 6.92 Å². The van der Waals surface area contributed by atoms with Crippen molar-refractivity contribution in [1.29, 1.82) is 0 Å². The van der Waals surface area contributed by atoms with Crippen molar-refractivity contribution in [3.63, 3.8) is 0 Å². The van der Waals surface area contributed by atoms with Crippen molar-refractivity contribution >= 4 is 12.0 Å². The molecule has 1 aromatic carbocycles. The van der Waals surface area contributed by atoms with E-state index in [1.165, 1.54) is 45.8 Å². The Bertz CT molecular complexity index is 899. The highest BCUT2D eigenvalue weighted by atomic mass is 19.3. The Morgan fingerprint density at radius 2 is 1.78 bits per heavy atom. The van der Waals surface area contributed by atoms with E-state index in [-0.39, 0.29) is 11.7 Å². The maximum absolute atomic E-state index is 12.6. The number of hydrogen-bond donors (Lipinski definition) is 1. The minimum absolute atomic E-state index is 0.0656. The maximum Gasteiger partial charge on any atom is 0.328 e. The lowest BCUT2D eigenvalue weighted by Gasteiger charge is -2.36. The van der Waals surface area contributed by atoms with E-state index in [0.29, 0.717) is 40.8 Å². The summed E-state index contributed by atoms with van der Waals surface area (Å²) in [7, 11) is 4.51. The monoisotopic (exact) mass is 508 g/mol. The number of methoxy groups -OCH3 is 3. The first-order chi connectivity index (χ1) is 17.1. The van der Waals surface area contributed by atoms with E-state index in [1.54, 1.807) is 12.1 Å². The van der Waals surface area contributed by atoms with Crippen molar-refractivity contribution < 1.29 is 38.3 Å². The van der Waals surface area contributed by atoms with Crippen molar-refractivity contribution in [3.05, 3.63) is 35.4 Å². The van der Waals surface area contributed by atoms with Crippen LogP contribution in [0.4, 0.5) is 4.53 Å². The molecule has 202 valence electrons. The topological polar surface area (TPSA) is 86.8 Å². The van der Waals surface area contributed by atoms with Gasteiger partial charge in [-0.2, -0.15) is 4.94 Å². The van der Waals surface area contributed by atoms with Crippen LogP contribution in [0.15, 0.2) is 29.9 Å². The number of carbonyl (C=O) groups is 1. The molecule has 0 bridgehead atoms. The van der Waals surface area contributed by atoms with Gasteiger partial charge in [-0.15, -0.1) is 0 Å². The molecule has 0 spiro atoms. The molecule has 2 aliphatic rings. The van der Waals surface area contributed by atoms with Gasteiger partial charge in [-0.1, -0.05) is 24.5 Å². The van der Waals surface area contributed by atoms with Crippen LogP contribution in [0.5, 0.6) is 17.2 Å². The Hall–Kier alpha value is -2.58. The number of hydrogen-bond acceptors (Lipinski definition) is 6. The van der Waals surface area contributed by atoms with Crippen LogP contribution in [0, 0.1) is 11.8 Å². The number of rotatable bonds is 10. The molecule has 3 rings (SSSR count). The Balaban J connectivity index is 0.000000255. The van der Waals surface area contributed by atoms with Gasteiger partial charge in [0.25, 0.3) is 0 Å². The molecular formula is C28H41FO7. The van der Waals surface area contributed by atoms with Gasteiger partial charge in [-0.3, -0.25) is 0 Å². The van der Waals surface area contributed by atoms with Crippen LogP contribution in [0.2, 0.25) is 0 Å². The van der Waals surface area contributed by atoms with Gasteiger partial charge in [0, 0.05) is 6.08 Å². The highest BCUT2D eigenvalue weighted by molar-refractivity contribution is 5.85.